The van der Waals surface area contributed by atoms with Crippen LogP contribution in [0, 0.1) is 0 Å². The number of carbonyl (C=O) groups excluding carboxylic acids is 2. The van der Waals surface area contributed by atoms with Gasteiger partial charge in [-0.2, -0.15) is 4.72 Å². The van der Waals surface area contributed by atoms with Crippen molar-refractivity contribution in [3.8, 4) is 0 Å². The number of hydrogen-bond donors (Lipinski definition) is 3. The van der Waals surface area contributed by atoms with Gasteiger partial charge in [0.05, 0.1) is 4.90 Å². The fraction of sp³-hybridized carbons (Fsp3) is 0.167. The number of sulfonamides is 1. The molecule has 7 nitrogen and oxygen atoms in total. The van der Waals surface area contributed by atoms with Crippen LogP contribution in [-0.2, 0) is 32.6 Å². The lowest BCUT2D eigenvalue weighted by atomic mass is 10.0. The zero-order valence-electron chi connectivity index (χ0n) is 17.2. The van der Waals surface area contributed by atoms with E-state index in [1.54, 1.807) is 42.5 Å². The molecule has 3 aromatic carbocycles. The first-order valence-electron chi connectivity index (χ1n) is 10.2. The smallest absolute Gasteiger partial charge is 0.243 e. The molecule has 1 aliphatic rings. The lowest BCUT2D eigenvalue weighted by Crippen LogP contribution is -2.40. The maximum atomic E-state index is 13.2. The van der Waals surface area contributed by atoms with Gasteiger partial charge in [0.2, 0.25) is 21.8 Å². The molecule has 0 aromatic heterocycles. The molecule has 0 saturated heterocycles. The Balaban J connectivity index is 1.57. The largest absolute Gasteiger partial charge is 0.350 e. The maximum Gasteiger partial charge on any atom is 0.243 e. The molecule has 0 aliphatic carbocycles. The summed E-state index contributed by atoms with van der Waals surface area (Å²) in [6.07, 6.45) is 0.767. The average Bonchev–Trinajstić information content (AvgIpc) is 2.82. The van der Waals surface area contributed by atoms with Gasteiger partial charge < -0.3 is 10.6 Å². The second kappa shape index (κ2) is 9.33. The third-order valence-electron chi connectivity index (χ3n) is 5.26. The van der Waals surface area contributed by atoms with Gasteiger partial charge in [0.1, 0.15) is 6.04 Å². The van der Waals surface area contributed by atoms with Gasteiger partial charge in [0, 0.05) is 18.7 Å². The van der Waals surface area contributed by atoms with Crippen LogP contribution in [0.4, 0.5) is 5.69 Å². The van der Waals surface area contributed by atoms with Crippen LogP contribution in [0.1, 0.15) is 29.2 Å². The standard InChI is InChI=1S/C24H23N3O4S/c28-22-14-11-19-15-20(12-13-21(19)26-22)32(30,31)27-23(18-9-5-2-6-10-18)24(29)25-16-17-7-3-1-4-8-17/h1-10,12-13,15,23,27H,11,14,16H2,(H,25,29)(H,26,28). The van der Waals surface area contributed by atoms with E-state index in [0.717, 1.165) is 11.1 Å². The topological polar surface area (TPSA) is 104 Å². The van der Waals surface area contributed by atoms with Crippen molar-refractivity contribution in [1.82, 2.24) is 10.0 Å². The molecule has 32 heavy (non-hydrogen) atoms. The summed E-state index contributed by atoms with van der Waals surface area (Å²) in [7, 11) is -4.01. The van der Waals surface area contributed by atoms with Gasteiger partial charge >= 0.3 is 0 Å². The number of benzene rings is 3. The van der Waals surface area contributed by atoms with Crippen LogP contribution in [0.2, 0.25) is 0 Å². The van der Waals surface area contributed by atoms with Crippen LogP contribution < -0.4 is 15.4 Å². The minimum absolute atomic E-state index is 0.0455. The highest BCUT2D eigenvalue weighted by Gasteiger charge is 2.28. The summed E-state index contributed by atoms with van der Waals surface area (Å²) in [5.74, 6) is -0.542. The molecule has 164 valence electrons. The molecule has 0 fully saturated rings. The molecular formula is C24H23N3O4S. The molecule has 3 N–H and O–H groups in total. The van der Waals surface area contributed by atoms with Crippen LogP contribution in [0.5, 0.6) is 0 Å². The minimum Gasteiger partial charge on any atom is -0.350 e. The zero-order valence-corrected chi connectivity index (χ0v) is 18.1. The first-order chi connectivity index (χ1) is 15.4. The fourth-order valence-corrected chi connectivity index (χ4v) is 4.79. The van der Waals surface area contributed by atoms with Gasteiger partial charge in [-0.1, -0.05) is 60.7 Å². The molecule has 1 atom stereocenters. The van der Waals surface area contributed by atoms with Crippen molar-refractivity contribution in [2.75, 3.05) is 5.32 Å². The molecule has 3 aromatic rings. The molecule has 2 amide bonds. The molecule has 0 radical (unpaired) electrons. The van der Waals surface area contributed by atoms with E-state index in [2.05, 4.69) is 15.4 Å². The third-order valence-corrected chi connectivity index (χ3v) is 6.68. The summed E-state index contributed by atoms with van der Waals surface area (Å²) in [6.45, 7) is 0.281. The van der Waals surface area contributed by atoms with E-state index in [4.69, 9.17) is 0 Å². The number of anilines is 1. The Morgan fingerprint density at radius 3 is 2.34 bits per heavy atom. The molecular weight excluding hydrogens is 426 g/mol. The second-order valence-electron chi connectivity index (χ2n) is 7.54. The summed E-state index contributed by atoms with van der Waals surface area (Å²) in [5, 5.41) is 5.55. The van der Waals surface area contributed by atoms with Crippen LogP contribution in [0.3, 0.4) is 0 Å². The second-order valence-corrected chi connectivity index (χ2v) is 9.25. The van der Waals surface area contributed by atoms with Gasteiger partial charge in [0.15, 0.2) is 0 Å². The number of carbonyl (C=O) groups is 2. The van der Waals surface area contributed by atoms with Crippen LogP contribution in [0.25, 0.3) is 0 Å². The molecule has 4 rings (SSSR count). The van der Waals surface area contributed by atoms with Crippen LogP contribution in [0.15, 0.2) is 83.8 Å². The van der Waals surface area contributed by atoms with Gasteiger partial charge in [-0.25, -0.2) is 8.42 Å². The number of rotatable bonds is 7. The highest BCUT2D eigenvalue weighted by atomic mass is 32.2. The van der Waals surface area contributed by atoms with Gasteiger partial charge in [-0.05, 0) is 41.3 Å². The van der Waals surface area contributed by atoms with E-state index < -0.39 is 22.0 Å². The Labute approximate surface area is 186 Å². The number of fused-ring (bicyclic) bond motifs is 1. The summed E-state index contributed by atoms with van der Waals surface area (Å²) >= 11 is 0. The molecule has 0 bridgehead atoms. The summed E-state index contributed by atoms with van der Waals surface area (Å²) in [4.78, 5) is 24.6. The van der Waals surface area contributed by atoms with Crippen molar-refractivity contribution in [1.29, 1.82) is 0 Å². The molecule has 1 heterocycles. The van der Waals surface area contributed by atoms with Crippen molar-refractivity contribution in [2.45, 2.75) is 30.3 Å². The van der Waals surface area contributed by atoms with Crippen LogP contribution in [-0.4, -0.2) is 20.2 Å². The van der Waals surface area contributed by atoms with Gasteiger partial charge in [0.25, 0.3) is 0 Å². The van der Waals surface area contributed by atoms with Crippen molar-refractivity contribution < 1.29 is 18.0 Å². The lowest BCUT2D eigenvalue weighted by molar-refractivity contribution is -0.123. The van der Waals surface area contributed by atoms with E-state index in [9.17, 15) is 18.0 Å². The van der Waals surface area contributed by atoms with E-state index >= 15 is 0 Å². The molecule has 1 aliphatic heterocycles. The van der Waals surface area contributed by atoms with E-state index in [1.807, 2.05) is 30.3 Å². The first-order valence-corrected chi connectivity index (χ1v) is 11.7. The fourth-order valence-electron chi connectivity index (χ4n) is 3.56. The Bertz CT molecular complexity index is 1230. The van der Waals surface area contributed by atoms with Crippen LogP contribution >= 0.6 is 0 Å². The highest BCUT2D eigenvalue weighted by Crippen LogP contribution is 2.26. The number of aryl methyl sites for hydroxylation is 1. The number of nitrogens with one attached hydrogen (secondary N) is 3. The van der Waals surface area contributed by atoms with Gasteiger partial charge in [-0.15, -0.1) is 0 Å². The predicted octanol–water partition coefficient (Wildman–Crippen LogP) is 2.91. The van der Waals surface area contributed by atoms with Gasteiger partial charge in [-0.3, -0.25) is 9.59 Å². The predicted molar refractivity (Wildman–Crippen MR) is 121 cm³/mol. The van der Waals surface area contributed by atoms with E-state index in [-0.39, 0.29) is 17.3 Å². The molecule has 0 saturated carbocycles. The number of amides is 2. The maximum absolute atomic E-state index is 13.2. The zero-order chi connectivity index (χ0) is 22.6. The molecule has 0 spiro atoms. The summed E-state index contributed by atoms with van der Waals surface area (Å²) in [6, 6.07) is 21.6. The highest BCUT2D eigenvalue weighted by molar-refractivity contribution is 7.89. The molecule has 1 unspecified atom stereocenters. The lowest BCUT2D eigenvalue weighted by Gasteiger charge is -2.21. The SMILES string of the molecule is O=C1CCc2cc(S(=O)(=O)NC(C(=O)NCc3ccccc3)c3ccccc3)ccc2N1. The Morgan fingerprint density at radius 1 is 0.938 bits per heavy atom. The van der Waals surface area contributed by atoms with Crippen molar-refractivity contribution in [3.05, 3.63) is 95.6 Å². The Kier molecular flexibility index (Phi) is 6.34. The van der Waals surface area contributed by atoms with Crippen molar-refractivity contribution >= 4 is 27.5 Å². The quantitative estimate of drug-likeness (QED) is 0.516. The summed E-state index contributed by atoms with van der Waals surface area (Å²) < 4.78 is 28.9. The first kappa shape index (κ1) is 21.7. The minimum atomic E-state index is -4.01. The Morgan fingerprint density at radius 2 is 1.62 bits per heavy atom. The number of hydrogen-bond acceptors (Lipinski definition) is 4. The van der Waals surface area contributed by atoms with E-state index in [0.29, 0.717) is 24.1 Å². The third kappa shape index (κ3) is 5.04. The van der Waals surface area contributed by atoms with Crippen molar-refractivity contribution in [3.63, 3.8) is 0 Å². The van der Waals surface area contributed by atoms with E-state index in [1.165, 1.54) is 6.07 Å². The normalized spacial score (nSPS) is 14.2. The Hall–Kier alpha value is -3.49. The van der Waals surface area contributed by atoms with Crippen molar-refractivity contribution in [2.24, 2.45) is 0 Å². The summed E-state index contributed by atoms with van der Waals surface area (Å²) in [5.41, 5.74) is 2.80. The molecule has 8 heteroatoms. The average molecular weight is 450 g/mol. The monoisotopic (exact) mass is 449 g/mol.